The number of rotatable bonds is 3. The molecule has 2 aromatic rings. The predicted octanol–water partition coefficient (Wildman–Crippen LogP) is 2.39. The first-order valence-corrected chi connectivity index (χ1v) is 8.63. The number of aromatic nitrogens is 4. The summed E-state index contributed by atoms with van der Waals surface area (Å²) in [7, 11) is 0. The van der Waals surface area contributed by atoms with Gasteiger partial charge in [0.2, 0.25) is 4.96 Å². The van der Waals surface area contributed by atoms with E-state index in [1.807, 2.05) is 4.52 Å². The molecular formula is C14H21N5S. The van der Waals surface area contributed by atoms with Crippen LogP contribution >= 0.6 is 11.3 Å². The highest BCUT2D eigenvalue weighted by molar-refractivity contribution is 7.16. The summed E-state index contributed by atoms with van der Waals surface area (Å²) in [6.07, 6.45) is 8.85. The zero-order chi connectivity index (χ0) is 13.4. The molecule has 5 nitrogen and oxygen atoms in total. The smallest absolute Gasteiger partial charge is 0.234 e. The van der Waals surface area contributed by atoms with Crippen LogP contribution in [0.4, 0.5) is 0 Å². The minimum atomic E-state index is 0.580. The van der Waals surface area contributed by atoms with Crippen molar-refractivity contribution in [2.24, 2.45) is 5.92 Å². The SMILES string of the molecule is C1CNCC(Cc2nn3c(C4CCCC4)nnc3s2)C1. The molecule has 0 aromatic carbocycles. The third kappa shape index (κ3) is 2.35. The number of piperidine rings is 1. The van der Waals surface area contributed by atoms with E-state index in [0.29, 0.717) is 5.92 Å². The summed E-state index contributed by atoms with van der Waals surface area (Å²) in [5.41, 5.74) is 0. The molecule has 3 heterocycles. The molecule has 1 unspecified atom stereocenters. The minimum Gasteiger partial charge on any atom is -0.316 e. The Morgan fingerprint density at radius 1 is 1.15 bits per heavy atom. The highest BCUT2D eigenvalue weighted by Crippen LogP contribution is 2.33. The van der Waals surface area contributed by atoms with Gasteiger partial charge in [0.05, 0.1) is 0 Å². The molecule has 1 aliphatic heterocycles. The Labute approximate surface area is 122 Å². The first-order valence-electron chi connectivity index (χ1n) is 7.82. The van der Waals surface area contributed by atoms with Gasteiger partial charge in [-0.25, -0.2) is 0 Å². The van der Waals surface area contributed by atoms with Crippen LogP contribution in [0.25, 0.3) is 4.96 Å². The molecule has 0 spiro atoms. The van der Waals surface area contributed by atoms with Crippen LogP contribution in [0.1, 0.15) is 55.3 Å². The fourth-order valence-corrected chi connectivity index (χ4v) is 4.49. The van der Waals surface area contributed by atoms with Gasteiger partial charge in [-0.2, -0.15) is 9.61 Å². The lowest BCUT2D eigenvalue weighted by atomic mass is 9.97. The maximum absolute atomic E-state index is 4.79. The van der Waals surface area contributed by atoms with Crippen molar-refractivity contribution in [1.82, 2.24) is 25.1 Å². The molecule has 108 valence electrons. The van der Waals surface area contributed by atoms with E-state index in [1.165, 1.54) is 50.1 Å². The van der Waals surface area contributed by atoms with E-state index in [0.717, 1.165) is 29.7 Å². The van der Waals surface area contributed by atoms with Gasteiger partial charge in [-0.15, -0.1) is 10.2 Å². The summed E-state index contributed by atoms with van der Waals surface area (Å²) in [5.74, 6) is 2.42. The lowest BCUT2D eigenvalue weighted by molar-refractivity contribution is 0.374. The van der Waals surface area contributed by atoms with Crippen molar-refractivity contribution < 1.29 is 0 Å². The molecule has 0 bridgehead atoms. The van der Waals surface area contributed by atoms with Gasteiger partial charge in [-0.3, -0.25) is 0 Å². The van der Waals surface area contributed by atoms with Crippen molar-refractivity contribution in [3.05, 3.63) is 10.8 Å². The normalized spacial score (nSPS) is 24.7. The topological polar surface area (TPSA) is 55.1 Å². The average Bonchev–Trinajstić information content (AvgIpc) is 3.15. The van der Waals surface area contributed by atoms with Crippen LogP contribution < -0.4 is 5.32 Å². The Hall–Kier alpha value is -1.01. The Morgan fingerprint density at radius 2 is 2.05 bits per heavy atom. The molecule has 2 aliphatic rings. The molecule has 0 amide bonds. The van der Waals surface area contributed by atoms with E-state index >= 15 is 0 Å². The number of hydrogen-bond acceptors (Lipinski definition) is 5. The van der Waals surface area contributed by atoms with Crippen molar-refractivity contribution >= 4 is 16.3 Å². The summed E-state index contributed by atoms with van der Waals surface area (Å²) < 4.78 is 2.02. The molecule has 0 radical (unpaired) electrons. The van der Waals surface area contributed by atoms with Crippen molar-refractivity contribution in [3.63, 3.8) is 0 Å². The number of hydrogen-bond donors (Lipinski definition) is 1. The van der Waals surface area contributed by atoms with Crippen molar-refractivity contribution in [2.45, 2.75) is 50.9 Å². The Kier molecular flexibility index (Phi) is 3.44. The van der Waals surface area contributed by atoms with Gasteiger partial charge in [0.25, 0.3) is 0 Å². The fraction of sp³-hybridized carbons (Fsp3) is 0.786. The highest BCUT2D eigenvalue weighted by Gasteiger charge is 2.24. The third-order valence-corrected chi connectivity index (χ3v) is 5.56. The lowest BCUT2D eigenvalue weighted by Gasteiger charge is -2.21. The fourth-order valence-electron chi connectivity index (χ4n) is 3.54. The first-order chi connectivity index (χ1) is 9.90. The van der Waals surface area contributed by atoms with Gasteiger partial charge in [-0.05, 0) is 44.7 Å². The molecule has 1 saturated heterocycles. The van der Waals surface area contributed by atoms with Crippen LogP contribution in [0, 0.1) is 5.92 Å². The molecule has 1 aliphatic carbocycles. The maximum Gasteiger partial charge on any atom is 0.234 e. The van der Waals surface area contributed by atoms with Gasteiger partial charge >= 0.3 is 0 Å². The van der Waals surface area contributed by atoms with Gasteiger partial charge in [0.1, 0.15) is 5.01 Å². The molecule has 2 fully saturated rings. The van der Waals surface area contributed by atoms with E-state index in [1.54, 1.807) is 11.3 Å². The second kappa shape index (κ2) is 5.41. The van der Waals surface area contributed by atoms with E-state index in [2.05, 4.69) is 15.5 Å². The molecule has 1 N–H and O–H groups in total. The van der Waals surface area contributed by atoms with Crippen molar-refractivity contribution in [1.29, 1.82) is 0 Å². The summed E-state index contributed by atoms with van der Waals surface area (Å²) in [6, 6.07) is 0. The molecule has 6 heteroatoms. The van der Waals surface area contributed by atoms with Crippen molar-refractivity contribution in [3.8, 4) is 0 Å². The standard InChI is InChI=1S/C14H21N5S/c1-2-6-11(5-1)13-16-17-14-19(13)18-12(20-14)8-10-4-3-7-15-9-10/h10-11,15H,1-9H2. The largest absolute Gasteiger partial charge is 0.316 e. The van der Waals surface area contributed by atoms with Gasteiger partial charge < -0.3 is 5.32 Å². The predicted molar refractivity (Wildman–Crippen MR) is 79.2 cm³/mol. The number of fused-ring (bicyclic) bond motifs is 1. The van der Waals surface area contributed by atoms with E-state index in [-0.39, 0.29) is 0 Å². The summed E-state index contributed by atoms with van der Waals surface area (Å²) in [5, 5.41) is 18.2. The third-order valence-electron chi connectivity index (χ3n) is 4.64. The van der Waals surface area contributed by atoms with E-state index in [4.69, 9.17) is 5.10 Å². The van der Waals surface area contributed by atoms with Crippen molar-refractivity contribution in [2.75, 3.05) is 13.1 Å². The molecule has 1 atom stereocenters. The molecular weight excluding hydrogens is 270 g/mol. The van der Waals surface area contributed by atoms with Crippen LogP contribution in [-0.2, 0) is 6.42 Å². The van der Waals surface area contributed by atoms with Crippen LogP contribution in [0.15, 0.2) is 0 Å². The molecule has 20 heavy (non-hydrogen) atoms. The quantitative estimate of drug-likeness (QED) is 0.943. The van der Waals surface area contributed by atoms with Crippen LogP contribution in [-0.4, -0.2) is 32.9 Å². The summed E-state index contributed by atoms with van der Waals surface area (Å²) in [6.45, 7) is 2.31. The zero-order valence-electron chi connectivity index (χ0n) is 11.7. The molecule has 2 aromatic heterocycles. The second-order valence-corrected chi connectivity index (χ2v) is 7.19. The number of nitrogens with one attached hydrogen (secondary N) is 1. The maximum atomic E-state index is 4.79. The Bertz CT molecular complexity index is 577. The average molecular weight is 291 g/mol. The summed E-state index contributed by atoms with van der Waals surface area (Å²) >= 11 is 1.72. The number of nitrogens with zero attached hydrogens (tertiary/aromatic N) is 4. The Balaban J connectivity index is 1.55. The second-order valence-electron chi connectivity index (χ2n) is 6.15. The lowest BCUT2D eigenvalue weighted by Crippen LogP contribution is -2.30. The van der Waals surface area contributed by atoms with Crippen LogP contribution in [0.5, 0.6) is 0 Å². The molecule has 4 rings (SSSR count). The minimum absolute atomic E-state index is 0.580. The zero-order valence-corrected chi connectivity index (χ0v) is 12.5. The first kappa shape index (κ1) is 12.7. The molecule has 1 saturated carbocycles. The van der Waals surface area contributed by atoms with Gasteiger partial charge in [-0.1, -0.05) is 24.2 Å². The highest BCUT2D eigenvalue weighted by atomic mass is 32.1. The van der Waals surface area contributed by atoms with Gasteiger partial charge in [0, 0.05) is 12.3 Å². The van der Waals surface area contributed by atoms with Gasteiger partial charge in [0.15, 0.2) is 5.82 Å². The monoisotopic (exact) mass is 291 g/mol. The van der Waals surface area contributed by atoms with E-state index in [9.17, 15) is 0 Å². The summed E-state index contributed by atoms with van der Waals surface area (Å²) in [4.78, 5) is 0.977. The van der Waals surface area contributed by atoms with E-state index < -0.39 is 0 Å². The van der Waals surface area contributed by atoms with Crippen LogP contribution in [0.2, 0.25) is 0 Å². The Morgan fingerprint density at radius 3 is 2.85 bits per heavy atom. The van der Waals surface area contributed by atoms with Crippen LogP contribution in [0.3, 0.4) is 0 Å².